The van der Waals surface area contributed by atoms with Crippen LogP contribution in [-0.2, 0) is 0 Å². The van der Waals surface area contributed by atoms with Gasteiger partial charge >= 0.3 is 0 Å². The first-order valence-electron chi connectivity index (χ1n) is 8.36. The van der Waals surface area contributed by atoms with E-state index in [2.05, 4.69) is 20.3 Å². The van der Waals surface area contributed by atoms with Gasteiger partial charge in [0.15, 0.2) is 0 Å². The summed E-state index contributed by atoms with van der Waals surface area (Å²) in [5.74, 6) is 1.12. The SMILES string of the molecule is Cc1ncn(-c2ccc(NC(=O)c3cnc(C4CC4)nc3)cc2)c1C. The lowest BCUT2D eigenvalue weighted by atomic mass is 10.2. The molecule has 1 aromatic carbocycles. The predicted octanol–water partition coefficient (Wildman–Crippen LogP) is 3.41. The fraction of sp³-hybridized carbons (Fsp3) is 0.263. The minimum atomic E-state index is -0.204. The second kappa shape index (κ2) is 6.12. The molecule has 0 spiro atoms. The standard InChI is InChI=1S/C19H19N5O/c1-12-13(2)24(11-22-12)17-7-5-16(6-8-17)23-19(25)15-9-20-18(21-10-15)14-3-4-14/h5-11,14H,3-4H2,1-2H3,(H,23,25). The van der Waals surface area contributed by atoms with E-state index in [0.717, 1.165) is 41.4 Å². The number of benzene rings is 1. The van der Waals surface area contributed by atoms with Gasteiger partial charge in [0.05, 0.1) is 17.6 Å². The van der Waals surface area contributed by atoms with Crippen molar-refractivity contribution in [1.29, 1.82) is 0 Å². The molecule has 0 atom stereocenters. The van der Waals surface area contributed by atoms with Gasteiger partial charge in [0.2, 0.25) is 0 Å². The molecule has 1 amide bonds. The highest BCUT2D eigenvalue weighted by atomic mass is 16.1. The summed E-state index contributed by atoms with van der Waals surface area (Å²) in [6, 6.07) is 7.66. The van der Waals surface area contributed by atoms with Gasteiger partial charge in [-0.2, -0.15) is 0 Å². The van der Waals surface area contributed by atoms with Gasteiger partial charge in [0, 0.05) is 35.4 Å². The molecule has 2 aromatic heterocycles. The van der Waals surface area contributed by atoms with Gasteiger partial charge in [-0.05, 0) is 51.0 Å². The van der Waals surface area contributed by atoms with Crippen molar-refractivity contribution in [2.24, 2.45) is 0 Å². The van der Waals surface area contributed by atoms with Crippen LogP contribution in [0, 0.1) is 13.8 Å². The molecule has 6 heteroatoms. The summed E-state index contributed by atoms with van der Waals surface area (Å²) in [6.45, 7) is 4.01. The van der Waals surface area contributed by atoms with Crippen LogP contribution in [0.4, 0.5) is 5.69 Å². The first kappa shape index (κ1) is 15.5. The summed E-state index contributed by atoms with van der Waals surface area (Å²) >= 11 is 0. The van der Waals surface area contributed by atoms with Gasteiger partial charge in [-0.15, -0.1) is 0 Å². The molecule has 126 valence electrons. The molecule has 1 N–H and O–H groups in total. The van der Waals surface area contributed by atoms with Crippen molar-refractivity contribution in [3.05, 3.63) is 65.8 Å². The molecule has 0 aliphatic heterocycles. The number of nitrogens with one attached hydrogen (secondary N) is 1. The molecular weight excluding hydrogens is 314 g/mol. The van der Waals surface area contributed by atoms with E-state index in [1.54, 1.807) is 18.7 Å². The third kappa shape index (κ3) is 3.15. The van der Waals surface area contributed by atoms with Crippen molar-refractivity contribution in [3.8, 4) is 5.69 Å². The topological polar surface area (TPSA) is 72.7 Å². The van der Waals surface area contributed by atoms with Gasteiger partial charge in [-0.3, -0.25) is 4.79 Å². The summed E-state index contributed by atoms with van der Waals surface area (Å²) in [4.78, 5) is 25.2. The van der Waals surface area contributed by atoms with Crippen LogP contribution < -0.4 is 5.32 Å². The van der Waals surface area contributed by atoms with Crippen molar-refractivity contribution in [1.82, 2.24) is 19.5 Å². The number of carbonyl (C=O) groups excluding carboxylic acids is 1. The van der Waals surface area contributed by atoms with Crippen LogP contribution in [-0.4, -0.2) is 25.4 Å². The Kier molecular flexibility index (Phi) is 3.80. The highest BCUT2D eigenvalue weighted by molar-refractivity contribution is 6.03. The summed E-state index contributed by atoms with van der Waals surface area (Å²) in [5, 5.41) is 2.88. The predicted molar refractivity (Wildman–Crippen MR) is 95.0 cm³/mol. The number of anilines is 1. The van der Waals surface area contributed by atoms with E-state index < -0.39 is 0 Å². The van der Waals surface area contributed by atoms with Crippen molar-refractivity contribution < 1.29 is 4.79 Å². The third-order valence-corrected chi connectivity index (χ3v) is 4.53. The zero-order valence-electron chi connectivity index (χ0n) is 14.2. The van der Waals surface area contributed by atoms with E-state index >= 15 is 0 Å². The van der Waals surface area contributed by atoms with E-state index in [9.17, 15) is 4.79 Å². The number of amides is 1. The molecule has 2 heterocycles. The first-order valence-corrected chi connectivity index (χ1v) is 8.36. The number of imidazole rings is 1. The molecule has 1 aliphatic carbocycles. The fourth-order valence-electron chi connectivity index (χ4n) is 2.68. The Labute approximate surface area is 146 Å². The van der Waals surface area contributed by atoms with Gasteiger partial charge in [-0.1, -0.05) is 0 Å². The summed E-state index contributed by atoms with van der Waals surface area (Å²) in [6.07, 6.45) is 7.29. The third-order valence-electron chi connectivity index (χ3n) is 4.53. The largest absolute Gasteiger partial charge is 0.322 e. The summed E-state index contributed by atoms with van der Waals surface area (Å²) in [7, 11) is 0. The molecule has 25 heavy (non-hydrogen) atoms. The van der Waals surface area contributed by atoms with Crippen molar-refractivity contribution in [2.75, 3.05) is 5.32 Å². The normalized spacial score (nSPS) is 13.7. The number of hydrogen-bond acceptors (Lipinski definition) is 4. The zero-order chi connectivity index (χ0) is 17.4. The van der Waals surface area contributed by atoms with Gasteiger partial charge in [0.1, 0.15) is 5.82 Å². The first-order chi connectivity index (χ1) is 12.1. The lowest BCUT2D eigenvalue weighted by Crippen LogP contribution is -2.13. The van der Waals surface area contributed by atoms with Crippen LogP contribution >= 0.6 is 0 Å². The molecule has 0 radical (unpaired) electrons. The van der Waals surface area contributed by atoms with Crippen LogP contribution in [0.5, 0.6) is 0 Å². The molecular formula is C19H19N5O. The van der Waals surface area contributed by atoms with E-state index in [1.807, 2.05) is 42.7 Å². The Morgan fingerprint density at radius 2 is 1.76 bits per heavy atom. The molecule has 0 bridgehead atoms. The van der Waals surface area contributed by atoms with Crippen LogP contribution in [0.15, 0.2) is 43.0 Å². The number of rotatable bonds is 4. The van der Waals surface area contributed by atoms with Gasteiger partial charge in [-0.25, -0.2) is 15.0 Å². The van der Waals surface area contributed by atoms with E-state index in [0.29, 0.717) is 11.5 Å². The number of nitrogens with zero attached hydrogens (tertiary/aromatic N) is 4. The number of carbonyl (C=O) groups is 1. The second-order valence-electron chi connectivity index (χ2n) is 6.39. The number of aryl methyl sites for hydroxylation is 1. The molecule has 1 aliphatic rings. The smallest absolute Gasteiger partial charge is 0.258 e. The van der Waals surface area contributed by atoms with Crippen LogP contribution in [0.2, 0.25) is 0 Å². The van der Waals surface area contributed by atoms with E-state index in [1.165, 1.54) is 0 Å². The lowest BCUT2D eigenvalue weighted by Gasteiger charge is -2.08. The monoisotopic (exact) mass is 333 g/mol. The maximum absolute atomic E-state index is 12.3. The van der Waals surface area contributed by atoms with Crippen molar-refractivity contribution >= 4 is 11.6 Å². The van der Waals surface area contributed by atoms with Crippen LogP contribution in [0.25, 0.3) is 5.69 Å². The minimum Gasteiger partial charge on any atom is -0.322 e. The maximum Gasteiger partial charge on any atom is 0.258 e. The molecule has 0 unspecified atom stereocenters. The Morgan fingerprint density at radius 1 is 1.08 bits per heavy atom. The number of hydrogen-bond donors (Lipinski definition) is 1. The van der Waals surface area contributed by atoms with Crippen molar-refractivity contribution in [3.63, 3.8) is 0 Å². The maximum atomic E-state index is 12.3. The van der Waals surface area contributed by atoms with Crippen LogP contribution in [0.1, 0.15) is 46.3 Å². The van der Waals surface area contributed by atoms with E-state index in [-0.39, 0.29) is 5.91 Å². The number of aromatic nitrogens is 4. The Hall–Kier alpha value is -3.02. The van der Waals surface area contributed by atoms with Crippen LogP contribution in [0.3, 0.4) is 0 Å². The second-order valence-corrected chi connectivity index (χ2v) is 6.39. The average Bonchev–Trinajstić information content (AvgIpc) is 3.43. The average molecular weight is 333 g/mol. The Morgan fingerprint density at radius 3 is 2.32 bits per heavy atom. The highest BCUT2D eigenvalue weighted by Gasteiger charge is 2.26. The molecule has 0 saturated heterocycles. The van der Waals surface area contributed by atoms with E-state index in [4.69, 9.17) is 0 Å². The van der Waals surface area contributed by atoms with Gasteiger partial charge in [0.25, 0.3) is 5.91 Å². The zero-order valence-corrected chi connectivity index (χ0v) is 14.2. The molecule has 1 saturated carbocycles. The Balaban J connectivity index is 1.46. The highest BCUT2D eigenvalue weighted by Crippen LogP contribution is 2.37. The molecule has 3 aromatic rings. The fourth-order valence-corrected chi connectivity index (χ4v) is 2.68. The summed E-state index contributed by atoms with van der Waals surface area (Å²) in [5.41, 5.74) is 4.31. The quantitative estimate of drug-likeness (QED) is 0.794. The van der Waals surface area contributed by atoms with Gasteiger partial charge < -0.3 is 9.88 Å². The molecule has 6 nitrogen and oxygen atoms in total. The lowest BCUT2D eigenvalue weighted by molar-refractivity contribution is 0.102. The minimum absolute atomic E-state index is 0.204. The molecule has 4 rings (SSSR count). The molecule has 1 fully saturated rings. The van der Waals surface area contributed by atoms with Crippen molar-refractivity contribution in [2.45, 2.75) is 32.6 Å². The Bertz CT molecular complexity index is 908. The summed E-state index contributed by atoms with van der Waals surface area (Å²) < 4.78 is 2.02.